The van der Waals surface area contributed by atoms with Crippen LogP contribution in [0, 0.1) is 0 Å². The fourth-order valence-electron chi connectivity index (χ4n) is 4.47. The number of carbonyl (C=O) groups excluding carboxylic acids is 4. The molecule has 50 heavy (non-hydrogen) atoms. The second-order valence-electron chi connectivity index (χ2n) is 11.0. The molecule has 11 nitrogen and oxygen atoms in total. The fourth-order valence-corrected chi connectivity index (χ4v) is 4.47. The molecule has 264 valence electrons. The van der Waals surface area contributed by atoms with Crippen LogP contribution in [0.3, 0.4) is 0 Å². The Bertz CT molecular complexity index is 1580. The van der Waals surface area contributed by atoms with E-state index in [4.69, 9.17) is 33.8 Å². The van der Waals surface area contributed by atoms with Crippen LogP contribution in [0.1, 0.15) is 77.6 Å². The SMILES string of the molecule is C=CC(=O)OCCCCCCOc1ccc(C(=O)Oc2ccc(OC(=O)c3ccc(OCCCCCCOC(=O)C=C)cc3)c(C=[NH2+])c2)cc1. The van der Waals surface area contributed by atoms with Crippen molar-refractivity contribution < 1.29 is 53.0 Å². The van der Waals surface area contributed by atoms with Crippen molar-refractivity contribution in [1.29, 1.82) is 0 Å². The van der Waals surface area contributed by atoms with Crippen LogP contribution in [0.2, 0.25) is 0 Å². The number of esters is 4. The Labute approximate surface area is 292 Å². The average Bonchev–Trinajstić information content (AvgIpc) is 3.14. The Balaban J connectivity index is 1.39. The van der Waals surface area contributed by atoms with E-state index in [2.05, 4.69) is 13.2 Å². The normalized spacial score (nSPS) is 10.3. The Morgan fingerprint density at radius 1 is 0.540 bits per heavy atom. The van der Waals surface area contributed by atoms with Gasteiger partial charge in [-0.1, -0.05) is 13.2 Å². The Kier molecular flexibility index (Phi) is 17.1. The minimum atomic E-state index is -0.588. The molecule has 11 heteroatoms. The minimum absolute atomic E-state index is 0.203. The van der Waals surface area contributed by atoms with E-state index in [1.807, 2.05) is 0 Å². The van der Waals surface area contributed by atoms with Crippen molar-refractivity contribution in [2.24, 2.45) is 0 Å². The standard InChI is InChI=1S/C39H43NO10/c1-3-36(41)47-25-11-7-5-9-23-45-32-17-13-29(14-18-32)38(43)49-34-21-22-35(31(27-34)28-40)50-39(44)30-15-19-33(20-16-30)46-24-10-6-8-12-26-48-37(42)4-2/h3-4,13-22,27-28,40H,1-2,5-12,23-26H2/p+1. The molecule has 0 aliphatic heterocycles. The van der Waals surface area contributed by atoms with Gasteiger partial charge >= 0.3 is 23.9 Å². The number of hydrogen-bond donors (Lipinski definition) is 1. The highest BCUT2D eigenvalue weighted by atomic mass is 16.5. The van der Waals surface area contributed by atoms with E-state index in [9.17, 15) is 19.2 Å². The fraction of sp³-hybridized carbons (Fsp3) is 0.308. The van der Waals surface area contributed by atoms with Gasteiger partial charge in [0.2, 0.25) is 0 Å². The third kappa shape index (κ3) is 14.2. The zero-order valence-electron chi connectivity index (χ0n) is 28.1. The summed E-state index contributed by atoms with van der Waals surface area (Å²) >= 11 is 0. The molecule has 0 aliphatic carbocycles. The third-order valence-electron chi connectivity index (χ3n) is 7.19. The van der Waals surface area contributed by atoms with E-state index in [0.29, 0.717) is 54.6 Å². The number of unbranched alkanes of at least 4 members (excludes halogenated alkanes) is 6. The molecule has 0 fully saturated rings. The number of ether oxygens (including phenoxy) is 6. The highest BCUT2D eigenvalue weighted by Gasteiger charge is 2.15. The van der Waals surface area contributed by atoms with E-state index >= 15 is 0 Å². The van der Waals surface area contributed by atoms with Crippen LogP contribution in [-0.2, 0) is 19.1 Å². The first-order valence-electron chi connectivity index (χ1n) is 16.5. The molecular formula is C39H44NO10+. The van der Waals surface area contributed by atoms with Crippen molar-refractivity contribution in [2.75, 3.05) is 26.4 Å². The van der Waals surface area contributed by atoms with Gasteiger partial charge in [-0.15, -0.1) is 0 Å². The monoisotopic (exact) mass is 686 g/mol. The summed E-state index contributed by atoms with van der Waals surface area (Å²) in [6.07, 6.45) is 10.5. The molecule has 0 atom stereocenters. The Morgan fingerprint density at radius 2 is 0.960 bits per heavy atom. The summed E-state index contributed by atoms with van der Waals surface area (Å²) in [4.78, 5) is 47.6. The van der Waals surface area contributed by atoms with Crippen molar-refractivity contribution in [3.63, 3.8) is 0 Å². The summed E-state index contributed by atoms with van der Waals surface area (Å²) in [6, 6.07) is 17.8. The molecule has 0 radical (unpaired) electrons. The summed E-state index contributed by atoms with van der Waals surface area (Å²) in [6.45, 7) is 8.51. The summed E-state index contributed by atoms with van der Waals surface area (Å²) in [5.74, 6) is -0.304. The second-order valence-corrected chi connectivity index (χ2v) is 11.0. The van der Waals surface area contributed by atoms with Gasteiger partial charge in [0.1, 0.15) is 23.0 Å². The lowest BCUT2D eigenvalue weighted by molar-refractivity contribution is -0.138. The maximum absolute atomic E-state index is 12.8. The van der Waals surface area contributed by atoms with E-state index in [1.165, 1.54) is 24.4 Å². The molecule has 0 bridgehead atoms. The van der Waals surface area contributed by atoms with Crippen LogP contribution in [0.5, 0.6) is 23.0 Å². The summed E-state index contributed by atoms with van der Waals surface area (Å²) < 4.78 is 32.5. The molecule has 0 unspecified atom stereocenters. The van der Waals surface area contributed by atoms with E-state index in [0.717, 1.165) is 63.5 Å². The van der Waals surface area contributed by atoms with Gasteiger partial charge in [0.25, 0.3) is 0 Å². The van der Waals surface area contributed by atoms with E-state index in [1.54, 1.807) is 48.5 Å². The second kappa shape index (κ2) is 22.0. The number of carbonyl (C=O) groups is 4. The highest BCUT2D eigenvalue weighted by molar-refractivity contribution is 5.93. The number of hydrogen-bond acceptors (Lipinski definition) is 10. The molecule has 3 rings (SSSR count). The first kappa shape index (κ1) is 38.7. The molecule has 3 aromatic carbocycles. The minimum Gasteiger partial charge on any atom is -0.494 e. The van der Waals surface area contributed by atoms with Gasteiger partial charge in [-0.3, -0.25) is 5.41 Å². The van der Waals surface area contributed by atoms with Crippen LogP contribution in [0.15, 0.2) is 92.0 Å². The van der Waals surface area contributed by atoms with Crippen molar-refractivity contribution in [3.8, 4) is 23.0 Å². The summed E-state index contributed by atoms with van der Waals surface area (Å²) in [7, 11) is 0. The van der Waals surface area contributed by atoms with Crippen LogP contribution < -0.4 is 24.4 Å². The van der Waals surface area contributed by atoms with Gasteiger partial charge < -0.3 is 28.4 Å². The van der Waals surface area contributed by atoms with E-state index < -0.39 is 23.9 Å². The number of rotatable bonds is 23. The predicted molar refractivity (Wildman–Crippen MR) is 187 cm³/mol. The molecule has 0 saturated carbocycles. The molecule has 0 saturated heterocycles. The maximum Gasteiger partial charge on any atom is 0.343 e. The lowest BCUT2D eigenvalue weighted by Gasteiger charge is -2.10. The molecular weight excluding hydrogens is 642 g/mol. The topological polar surface area (TPSA) is 149 Å². The Hall–Kier alpha value is -5.71. The molecule has 2 N–H and O–H groups in total. The smallest absolute Gasteiger partial charge is 0.343 e. The lowest BCUT2D eigenvalue weighted by atomic mass is 10.2. The first-order chi connectivity index (χ1) is 24.3. The third-order valence-corrected chi connectivity index (χ3v) is 7.19. The molecule has 3 aromatic rings. The highest BCUT2D eigenvalue weighted by Crippen LogP contribution is 2.25. The van der Waals surface area contributed by atoms with Crippen molar-refractivity contribution in [1.82, 2.24) is 0 Å². The average molecular weight is 687 g/mol. The van der Waals surface area contributed by atoms with Crippen LogP contribution in [0.4, 0.5) is 0 Å². The van der Waals surface area contributed by atoms with Crippen LogP contribution in [0.25, 0.3) is 0 Å². The number of nitrogens with two attached hydrogens (primary N) is 1. The van der Waals surface area contributed by atoms with Gasteiger partial charge in [-0.2, -0.15) is 0 Å². The van der Waals surface area contributed by atoms with Gasteiger partial charge in [0.15, 0.2) is 6.21 Å². The van der Waals surface area contributed by atoms with Crippen LogP contribution >= 0.6 is 0 Å². The van der Waals surface area contributed by atoms with Gasteiger partial charge in [-0.05, 0) is 118 Å². The quantitative estimate of drug-likeness (QED) is 0.0437. The molecule has 0 aliphatic rings. The molecule has 0 amide bonds. The predicted octanol–water partition coefficient (Wildman–Crippen LogP) is 5.64. The van der Waals surface area contributed by atoms with E-state index in [-0.39, 0.29) is 11.5 Å². The van der Waals surface area contributed by atoms with Crippen molar-refractivity contribution in [2.45, 2.75) is 51.4 Å². The van der Waals surface area contributed by atoms with Gasteiger partial charge in [0.05, 0.1) is 43.1 Å². The molecule has 0 aromatic heterocycles. The molecule has 0 spiro atoms. The zero-order valence-corrected chi connectivity index (χ0v) is 28.1. The molecule has 0 heterocycles. The van der Waals surface area contributed by atoms with Crippen molar-refractivity contribution in [3.05, 3.63) is 109 Å². The van der Waals surface area contributed by atoms with Gasteiger partial charge in [0, 0.05) is 12.2 Å². The Morgan fingerprint density at radius 3 is 1.40 bits per heavy atom. The maximum atomic E-state index is 12.8. The zero-order chi connectivity index (χ0) is 36.0. The summed E-state index contributed by atoms with van der Waals surface area (Å²) in [5.41, 5.74) is 1.02. The first-order valence-corrected chi connectivity index (χ1v) is 16.5. The summed E-state index contributed by atoms with van der Waals surface area (Å²) in [5, 5.41) is 5.79. The lowest BCUT2D eigenvalue weighted by Crippen LogP contribution is -2.30. The van der Waals surface area contributed by atoms with Crippen LogP contribution in [-0.4, -0.2) is 56.5 Å². The van der Waals surface area contributed by atoms with Gasteiger partial charge in [-0.25, -0.2) is 19.2 Å². The number of benzene rings is 3. The largest absolute Gasteiger partial charge is 0.494 e. The van der Waals surface area contributed by atoms with Crippen molar-refractivity contribution >= 4 is 30.1 Å².